The number of fused-ring (bicyclic) bond motifs is 2. The van der Waals surface area contributed by atoms with Gasteiger partial charge in [-0.15, -0.1) is 11.7 Å². The number of nitrogens with zero attached hydrogens (tertiary/aromatic N) is 6. The van der Waals surface area contributed by atoms with Crippen molar-refractivity contribution in [2.45, 2.75) is 52.4 Å². The van der Waals surface area contributed by atoms with E-state index < -0.39 is 0 Å². The van der Waals surface area contributed by atoms with Gasteiger partial charge in [0.2, 0.25) is 5.95 Å². The maximum absolute atomic E-state index is 13.1. The Balaban J connectivity index is 1.62. The van der Waals surface area contributed by atoms with Crippen molar-refractivity contribution in [3.05, 3.63) is 81.0 Å². The van der Waals surface area contributed by atoms with E-state index >= 15 is 0 Å². The minimum absolute atomic E-state index is 0.0626. The van der Waals surface area contributed by atoms with E-state index in [1.54, 1.807) is 16.8 Å². The van der Waals surface area contributed by atoms with Gasteiger partial charge in [0.15, 0.2) is 11.5 Å². The van der Waals surface area contributed by atoms with Gasteiger partial charge in [0, 0.05) is 30.0 Å². The lowest BCUT2D eigenvalue weighted by atomic mass is 9.94. The van der Waals surface area contributed by atoms with E-state index in [2.05, 4.69) is 58.3 Å². The first-order valence-electron chi connectivity index (χ1n) is 11.5. The summed E-state index contributed by atoms with van der Waals surface area (Å²) in [7, 11) is 0. The molecule has 0 aliphatic carbocycles. The quantitative estimate of drug-likeness (QED) is 0.415. The molecule has 180 valence electrons. The Morgan fingerprint density at radius 1 is 1.23 bits per heavy atom. The summed E-state index contributed by atoms with van der Waals surface area (Å²) in [5.74, 6) is 0.757. The predicted octanol–water partition coefficient (Wildman–Crippen LogP) is 2.99. The molecular formula is C25H28N8O2. The number of hydrogen-bond donors (Lipinski definition) is 2. The van der Waals surface area contributed by atoms with Crippen molar-refractivity contribution in [2.75, 3.05) is 5.32 Å². The lowest BCUT2D eigenvalue weighted by molar-refractivity contribution is 0.442. The van der Waals surface area contributed by atoms with Crippen LogP contribution in [0.15, 0.2) is 58.8 Å². The van der Waals surface area contributed by atoms with Crippen LogP contribution in [0.1, 0.15) is 44.9 Å². The fraction of sp³-hybridized carbons (Fsp3) is 0.320. The SMILES string of the molecule is C=CCn1c(=O)c2cnc(Nc3ccc4c(c3)CNC4(C)C)nc2n1-c1ccc(=O)n(C(C)C)n1. The standard InChI is InChI=1S/C25H28N8O2/c1-6-11-31-23(35)18-14-26-24(28-17-7-8-19-16(12-17)13-27-25(19,4)5)29-22(18)33(31)20-9-10-21(34)32(30-20)15(2)3/h6-10,12,14-15,27H,1,11,13H2,2-5H3,(H,26,28,29). The second-order valence-corrected chi connectivity index (χ2v) is 9.46. The van der Waals surface area contributed by atoms with Crippen LogP contribution in [0.25, 0.3) is 16.9 Å². The number of nitrogens with one attached hydrogen (secondary N) is 2. The van der Waals surface area contributed by atoms with Gasteiger partial charge in [0.05, 0.1) is 12.6 Å². The van der Waals surface area contributed by atoms with Crippen molar-refractivity contribution in [1.82, 2.24) is 34.4 Å². The summed E-state index contributed by atoms with van der Waals surface area (Å²) in [6.45, 7) is 12.9. The molecule has 0 saturated heterocycles. The molecule has 4 heterocycles. The van der Waals surface area contributed by atoms with E-state index in [1.165, 1.54) is 32.8 Å². The zero-order valence-electron chi connectivity index (χ0n) is 20.2. The summed E-state index contributed by atoms with van der Waals surface area (Å²) >= 11 is 0. The maximum atomic E-state index is 13.1. The third-order valence-electron chi connectivity index (χ3n) is 6.25. The Morgan fingerprint density at radius 2 is 2.03 bits per heavy atom. The number of rotatable bonds is 6. The molecule has 0 atom stereocenters. The first-order chi connectivity index (χ1) is 16.7. The van der Waals surface area contributed by atoms with Gasteiger partial charge < -0.3 is 10.6 Å². The molecule has 0 bridgehead atoms. The molecule has 3 aromatic heterocycles. The van der Waals surface area contributed by atoms with Crippen molar-refractivity contribution in [1.29, 1.82) is 0 Å². The van der Waals surface area contributed by atoms with Crippen LogP contribution in [0.2, 0.25) is 0 Å². The molecule has 0 fully saturated rings. The van der Waals surface area contributed by atoms with E-state index in [1.807, 2.05) is 19.9 Å². The van der Waals surface area contributed by atoms with E-state index in [0.29, 0.717) is 22.8 Å². The van der Waals surface area contributed by atoms with Crippen LogP contribution in [-0.4, -0.2) is 29.1 Å². The fourth-order valence-electron chi connectivity index (χ4n) is 4.47. The number of anilines is 2. The lowest BCUT2D eigenvalue weighted by Gasteiger charge is -2.19. The Bertz CT molecular complexity index is 1570. The first-order valence-corrected chi connectivity index (χ1v) is 11.5. The molecule has 0 unspecified atom stereocenters. The highest BCUT2D eigenvalue weighted by Crippen LogP contribution is 2.32. The van der Waals surface area contributed by atoms with Gasteiger partial charge in [-0.1, -0.05) is 12.1 Å². The molecule has 1 aromatic carbocycles. The Kier molecular flexibility index (Phi) is 5.40. The predicted molar refractivity (Wildman–Crippen MR) is 135 cm³/mol. The molecule has 0 saturated carbocycles. The normalized spacial score (nSPS) is 14.4. The van der Waals surface area contributed by atoms with Crippen molar-refractivity contribution in [3.63, 3.8) is 0 Å². The van der Waals surface area contributed by atoms with Gasteiger partial charge in [-0.25, -0.2) is 19.0 Å². The molecule has 10 nitrogen and oxygen atoms in total. The van der Waals surface area contributed by atoms with Gasteiger partial charge in [-0.05, 0) is 57.0 Å². The third-order valence-corrected chi connectivity index (χ3v) is 6.25. The monoisotopic (exact) mass is 472 g/mol. The van der Waals surface area contributed by atoms with Gasteiger partial charge in [0.25, 0.3) is 11.1 Å². The Labute approximate surface area is 201 Å². The second kappa shape index (κ2) is 8.31. The summed E-state index contributed by atoms with van der Waals surface area (Å²) in [5.41, 5.74) is 3.18. The number of benzene rings is 1. The lowest BCUT2D eigenvalue weighted by Crippen LogP contribution is -2.28. The van der Waals surface area contributed by atoms with Crippen LogP contribution in [0, 0.1) is 0 Å². The zero-order chi connectivity index (χ0) is 24.9. The van der Waals surface area contributed by atoms with E-state index in [0.717, 1.165) is 12.2 Å². The largest absolute Gasteiger partial charge is 0.324 e. The van der Waals surface area contributed by atoms with Gasteiger partial charge in [-0.2, -0.15) is 4.98 Å². The van der Waals surface area contributed by atoms with Crippen LogP contribution in [0.5, 0.6) is 0 Å². The van der Waals surface area contributed by atoms with E-state index in [4.69, 9.17) is 0 Å². The third kappa shape index (κ3) is 3.85. The molecule has 10 heteroatoms. The van der Waals surface area contributed by atoms with Crippen LogP contribution < -0.4 is 21.8 Å². The highest BCUT2D eigenvalue weighted by Gasteiger charge is 2.29. The molecule has 0 amide bonds. The van der Waals surface area contributed by atoms with Crippen LogP contribution in [-0.2, 0) is 18.6 Å². The minimum atomic E-state index is -0.263. The Morgan fingerprint density at radius 3 is 2.77 bits per heavy atom. The molecule has 35 heavy (non-hydrogen) atoms. The maximum Gasteiger partial charge on any atom is 0.278 e. The minimum Gasteiger partial charge on any atom is -0.324 e. The van der Waals surface area contributed by atoms with Gasteiger partial charge >= 0.3 is 0 Å². The van der Waals surface area contributed by atoms with Crippen molar-refractivity contribution < 1.29 is 0 Å². The number of hydrogen-bond acceptors (Lipinski definition) is 7. The van der Waals surface area contributed by atoms with Crippen LogP contribution in [0.3, 0.4) is 0 Å². The second-order valence-electron chi connectivity index (χ2n) is 9.46. The molecule has 2 N–H and O–H groups in total. The summed E-state index contributed by atoms with van der Waals surface area (Å²) in [4.78, 5) is 34.5. The molecule has 0 spiro atoms. The average molecular weight is 473 g/mol. The van der Waals surface area contributed by atoms with E-state index in [-0.39, 0.29) is 29.2 Å². The Hall–Kier alpha value is -4.05. The van der Waals surface area contributed by atoms with Gasteiger partial charge in [0.1, 0.15) is 5.39 Å². The fourth-order valence-corrected chi connectivity index (χ4v) is 4.47. The summed E-state index contributed by atoms with van der Waals surface area (Å²) in [5, 5.41) is 11.6. The number of aromatic nitrogens is 6. The van der Waals surface area contributed by atoms with Crippen LogP contribution >= 0.6 is 0 Å². The number of allylic oxidation sites excluding steroid dienone is 1. The highest BCUT2D eigenvalue weighted by atomic mass is 16.1. The van der Waals surface area contributed by atoms with Crippen LogP contribution in [0.4, 0.5) is 11.6 Å². The topological polar surface area (TPSA) is 112 Å². The summed E-state index contributed by atoms with van der Waals surface area (Å²) in [6.07, 6.45) is 3.14. The molecule has 5 rings (SSSR count). The van der Waals surface area contributed by atoms with Crippen molar-refractivity contribution in [3.8, 4) is 5.82 Å². The molecule has 0 radical (unpaired) electrons. The van der Waals surface area contributed by atoms with Crippen molar-refractivity contribution >= 4 is 22.7 Å². The molecule has 4 aromatic rings. The van der Waals surface area contributed by atoms with Crippen molar-refractivity contribution in [2.24, 2.45) is 0 Å². The smallest absolute Gasteiger partial charge is 0.278 e. The average Bonchev–Trinajstić information content (AvgIpc) is 3.27. The molecular weight excluding hydrogens is 444 g/mol. The van der Waals surface area contributed by atoms with Gasteiger partial charge in [-0.3, -0.25) is 9.59 Å². The molecule has 1 aliphatic heterocycles. The highest BCUT2D eigenvalue weighted by molar-refractivity contribution is 5.77. The molecule has 1 aliphatic rings. The summed E-state index contributed by atoms with van der Waals surface area (Å²) in [6, 6.07) is 9.07. The summed E-state index contributed by atoms with van der Waals surface area (Å²) < 4.78 is 4.47. The van der Waals surface area contributed by atoms with E-state index in [9.17, 15) is 9.59 Å². The zero-order valence-corrected chi connectivity index (χ0v) is 20.2. The first kappa shape index (κ1) is 22.7.